The quantitative estimate of drug-likeness (QED) is 0.270. The second-order valence-corrected chi connectivity index (χ2v) is 7.25. The minimum Gasteiger partial charge on any atom is -0.494 e. The molecule has 3 rings (SSSR count). The van der Waals surface area contributed by atoms with E-state index >= 15 is 0 Å². The van der Waals surface area contributed by atoms with Gasteiger partial charge < -0.3 is 4.74 Å². The SMILES string of the molecule is CCCCCOc1ccc(/C=N/n2c(-c3ccccc3Br)n[nH]c2=S)cc1. The normalized spacial score (nSPS) is 11.2. The van der Waals surface area contributed by atoms with Gasteiger partial charge in [-0.3, -0.25) is 0 Å². The molecule has 0 radical (unpaired) electrons. The lowest BCUT2D eigenvalue weighted by molar-refractivity contribution is 0.306. The van der Waals surface area contributed by atoms with E-state index in [-0.39, 0.29) is 0 Å². The van der Waals surface area contributed by atoms with Crippen LogP contribution < -0.4 is 4.74 Å². The summed E-state index contributed by atoms with van der Waals surface area (Å²) in [5.74, 6) is 1.52. The molecule has 27 heavy (non-hydrogen) atoms. The van der Waals surface area contributed by atoms with Gasteiger partial charge in [-0.2, -0.15) is 14.9 Å². The topological polar surface area (TPSA) is 55.2 Å². The Labute approximate surface area is 172 Å². The first-order valence-electron chi connectivity index (χ1n) is 8.88. The van der Waals surface area contributed by atoms with Crippen molar-refractivity contribution in [2.24, 2.45) is 5.10 Å². The van der Waals surface area contributed by atoms with Crippen molar-refractivity contribution in [3.63, 3.8) is 0 Å². The smallest absolute Gasteiger partial charge is 0.216 e. The van der Waals surface area contributed by atoms with Crippen molar-refractivity contribution in [2.75, 3.05) is 6.61 Å². The van der Waals surface area contributed by atoms with Crippen LogP contribution in [-0.2, 0) is 0 Å². The van der Waals surface area contributed by atoms with Crippen molar-refractivity contribution in [1.82, 2.24) is 14.9 Å². The molecule has 0 spiro atoms. The fourth-order valence-corrected chi connectivity index (χ4v) is 3.17. The molecule has 1 heterocycles. The summed E-state index contributed by atoms with van der Waals surface area (Å²) in [6, 6.07) is 15.7. The molecule has 0 bridgehead atoms. The predicted molar refractivity (Wildman–Crippen MR) is 115 cm³/mol. The first-order chi connectivity index (χ1) is 13.2. The van der Waals surface area contributed by atoms with Crippen LogP contribution in [0.3, 0.4) is 0 Å². The molecule has 0 atom stereocenters. The van der Waals surface area contributed by atoms with Crippen LogP contribution in [-0.4, -0.2) is 27.7 Å². The summed E-state index contributed by atoms with van der Waals surface area (Å²) in [5.41, 5.74) is 1.87. The van der Waals surface area contributed by atoms with E-state index in [4.69, 9.17) is 17.0 Å². The number of aromatic nitrogens is 3. The van der Waals surface area contributed by atoms with Gasteiger partial charge in [0, 0.05) is 10.0 Å². The highest BCUT2D eigenvalue weighted by atomic mass is 79.9. The third-order valence-corrected chi connectivity index (χ3v) is 4.94. The van der Waals surface area contributed by atoms with E-state index in [1.807, 2.05) is 48.5 Å². The number of hydrogen-bond acceptors (Lipinski definition) is 4. The van der Waals surface area contributed by atoms with Crippen LogP contribution in [0, 0.1) is 4.77 Å². The molecule has 5 nitrogen and oxygen atoms in total. The van der Waals surface area contributed by atoms with Crippen LogP contribution in [0.25, 0.3) is 11.4 Å². The van der Waals surface area contributed by atoms with E-state index < -0.39 is 0 Å². The maximum Gasteiger partial charge on any atom is 0.216 e. The maximum atomic E-state index is 5.74. The largest absolute Gasteiger partial charge is 0.494 e. The second-order valence-electron chi connectivity index (χ2n) is 6.01. The number of nitrogens with zero attached hydrogens (tertiary/aromatic N) is 3. The molecular formula is C20H21BrN4OS. The number of rotatable bonds is 8. The molecule has 0 aliphatic carbocycles. The molecule has 1 aromatic heterocycles. The van der Waals surface area contributed by atoms with Crippen LogP contribution in [0.4, 0.5) is 0 Å². The molecule has 0 saturated heterocycles. The number of unbranched alkanes of at least 4 members (excludes halogenated alkanes) is 2. The molecule has 1 N–H and O–H groups in total. The Kier molecular flexibility index (Phi) is 6.95. The number of H-pyrrole nitrogens is 1. The Morgan fingerprint density at radius 3 is 2.70 bits per heavy atom. The van der Waals surface area contributed by atoms with Gasteiger partial charge in [0.05, 0.1) is 12.8 Å². The second kappa shape index (κ2) is 9.62. The van der Waals surface area contributed by atoms with Crippen molar-refractivity contribution in [1.29, 1.82) is 0 Å². The summed E-state index contributed by atoms with van der Waals surface area (Å²) in [6.07, 6.45) is 5.22. The van der Waals surface area contributed by atoms with Gasteiger partial charge in [0.2, 0.25) is 4.77 Å². The van der Waals surface area contributed by atoms with Gasteiger partial charge in [0.15, 0.2) is 5.82 Å². The van der Waals surface area contributed by atoms with Crippen molar-refractivity contribution >= 4 is 34.4 Å². The number of halogens is 1. The monoisotopic (exact) mass is 444 g/mol. The molecule has 0 saturated carbocycles. The molecule has 0 fully saturated rings. The van der Waals surface area contributed by atoms with E-state index in [1.54, 1.807) is 10.9 Å². The number of hydrogen-bond donors (Lipinski definition) is 1. The number of benzene rings is 2. The Balaban J connectivity index is 1.74. The van der Waals surface area contributed by atoms with Gasteiger partial charge in [-0.1, -0.05) is 47.8 Å². The summed E-state index contributed by atoms with van der Waals surface area (Å²) in [4.78, 5) is 0. The molecule has 0 aliphatic heterocycles. The minimum absolute atomic E-state index is 0.438. The Morgan fingerprint density at radius 2 is 1.96 bits per heavy atom. The zero-order chi connectivity index (χ0) is 19.1. The molecular weight excluding hydrogens is 424 g/mol. The molecule has 0 unspecified atom stereocenters. The lowest BCUT2D eigenvalue weighted by atomic mass is 10.2. The average molecular weight is 445 g/mol. The molecule has 2 aromatic carbocycles. The number of nitrogens with one attached hydrogen (secondary N) is 1. The highest BCUT2D eigenvalue weighted by Crippen LogP contribution is 2.26. The van der Waals surface area contributed by atoms with Crippen molar-refractivity contribution in [3.05, 3.63) is 63.3 Å². The Bertz CT molecular complexity index is 963. The van der Waals surface area contributed by atoms with E-state index in [9.17, 15) is 0 Å². The van der Waals surface area contributed by atoms with E-state index in [0.29, 0.717) is 10.6 Å². The van der Waals surface area contributed by atoms with Gasteiger partial charge in [0.1, 0.15) is 5.75 Å². The third-order valence-electron chi connectivity index (χ3n) is 3.98. The fourth-order valence-electron chi connectivity index (χ4n) is 2.53. The summed E-state index contributed by atoms with van der Waals surface area (Å²) < 4.78 is 8.72. The highest BCUT2D eigenvalue weighted by Gasteiger charge is 2.10. The zero-order valence-corrected chi connectivity index (χ0v) is 17.5. The first kappa shape index (κ1) is 19.5. The summed E-state index contributed by atoms with van der Waals surface area (Å²) >= 11 is 8.86. The van der Waals surface area contributed by atoms with E-state index in [2.05, 4.69) is 38.2 Å². The molecule has 3 aromatic rings. The lowest BCUT2D eigenvalue weighted by Crippen LogP contribution is -1.97. The third kappa shape index (κ3) is 5.14. The Morgan fingerprint density at radius 1 is 1.19 bits per heavy atom. The van der Waals surface area contributed by atoms with Gasteiger partial charge in [-0.05, 0) is 60.6 Å². The van der Waals surface area contributed by atoms with Gasteiger partial charge >= 0.3 is 0 Å². The lowest BCUT2D eigenvalue weighted by Gasteiger charge is -2.06. The van der Waals surface area contributed by atoms with Crippen LogP contribution in [0.2, 0.25) is 0 Å². The predicted octanol–water partition coefficient (Wildman–Crippen LogP) is 5.82. The molecule has 0 aliphatic rings. The highest BCUT2D eigenvalue weighted by molar-refractivity contribution is 9.10. The standard InChI is InChI=1S/C20H21BrN4OS/c1-2-3-6-13-26-16-11-9-15(10-12-16)14-22-25-19(23-24-20(25)27)17-7-4-5-8-18(17)21/h4-5,7-12,14H,2-3,6,13H2,1H3,(H,24,27)/b22-14+. The zero-order valence-electron chi connectivity index (χ0n) is 15.1. The molecule has 7 heteroatoms. The van der Waals surface area contributed by atoms with Crippen LogP contribution >= 0.6 is 28.1 Å². The van der Waals surface area contributed by atoms with Crippen LogP contribution in [0.5, 0.6) is 5.75 Å². The van der Waals surface area contributed by atoms with Crippen LogP contribution in [0.1, 0.15) is 31.7 Å². The van der Waals surface area contributed by atoms with Crippen LogP contribution in [0.15, 0.2) is 58.1 Å². The summed E-state index contributed by atoms with van der Waals surface area (Å²) in [5, 5.41) is 11.6. The summed E-state index contributed by atoms with van der Waals surface area (Å²) in [7, 11) is 0. The average Bonchev–Trinajstić information content (AvgIpc) is 3.05. The fraction of sp³-hybridized carbons (Fsp3) is 0.250. The first-order valence-corrected chi connectivity index (χ1v) is 10.1. The van der Waals surface area contributed by atoms with Gasteiger partial charge in [0.25, 0.3) is 0 Å². The number of aromatic amines is 1. The van der Waals surface area contributed by atoms with Crippen molar-refractivity contribution < 1.29 is 4.74 Å². The number of ether oxygens (including phenoxy) is 1. The van der Waals surface area contributed by atoms with Crippen molar-refractivity contribution in [2.45, 2.75) is 26.2 Å². The van der Waals surface area contributed by atoms with Gasteiger partial charge in [-0.15, -0.1) is 0 Å². The van der Waals surface area contributed by atoms with E-state index in [0.717, 1.165) is 34.4 Å². The summed E-state index contributed by atoms with van der Waals surface area (Å²) in [6.45, 7) is 2.93. The van der Waals surface area contributed by atoms with Gasteiger partial charge in [-0.25, -0.2) is 5.10 Å². The van der Waals surface area contributed by atoms with E-state index in [1.165, 1.54) is 12.8 Å². The molecule has 140 valence electrons. The molecule has 0 amide bonds. The maximum absolute atomic E-state index is 5.74. The van der Waals surface area contributed by atoms with Crippen molar-refractivity contribution in [3.8, 4) is 17.1 Å². The minimum atomic E-state index is 0.438. The Hall–Kier alpha value is -2.25.